The summed E-state index contributed by atoms with van der Waals surface area (Å²) < 4.78 is 30.3. The number of carbonyl (C=O) groups excluding carboxylic acids is 1. The van der Waals surface area contributed by atoms with Crippen LogP contribution in [0.2, 0.25) is 0 Å². The van der Waals surface area contributed by atoms with Gasteiger partial charge in [0.2, 0.25) is 0 Å². The number of rotatable bonds is 20. The zero-order valence-electron chi connectivity index (χ0n) is 40.4. The van der Waals surface area contributed by atoms with Crippen LogP contribution in [0.4, 0.5) is 11.6 Å². The molecule has 1 amide bonds. The number of carbonyl (C=O) groups is 1. The Morgan fingerprint density at radius 1 is 0.797 bits per heavy atom. The van der Waals surface area contributed by atoms with E-state index in [0.29, 0.717) is 40.1 Å². The van der Waals surface area contributed by atoms with Crippen LogP contribution in [0.1, 0.15) is 58.8 Å². The summed E-state index contributed by atoms with van der Waals surface area (Å²) in [5.74, 6) is 0.297. The summed E-state index contributed by atoms with van der Waals surface area (Å²) in [5, 5.41) is 30.8. The van der Waals surface area contributed by atoms with E-state index in [0.717, 1.165) is 16.7 Å². The predicted octanol–water partition coefficient (Wildman–Crippen LogP) is 6.79. The number of nitriles is 1. The third-order valence-electron chi connectivity index (χ3n) is 12.9. The molecule has 8 aromatic rings. The highest BCUT2D eigenvalue weighted by Crippen LogP contribution is 2.49. The smallest absolute Gasteiger partial charge is 0.261 e. The van der Waals surface area contributed by atoms with Crippen LogP contribution in [-0.2, 0) is 35.9 Å². The van der Waals surface area contributed by atoms with Crippen molar-refractivity contribution in [1.82, 2.24) is 54.3 Å². The highest BCUT2D eigenvalue weighted by atomic mass is 32.5. The fraction of sp³-hybridized carbons (Fsp3) is 0.288. The summed E-state index contributed by atoms with van der Waals surface area (Å²) >= 11 is 6.31. The molecule has 0 saturated carbocycles. The Hall–Kier alpha value is -7.22. The fourth-order valence-corrected chi connectivity index (χ4v) is 11.8. The second kappa shape index (κ2) is 22.5. The average Bonchev–Trinajstić information content (AvgIpc) is 4.26. The summed E-state index contributed by atoms with van der Waals surface area (Å²) in [5.41, 5.74) is 4.41. The summed E-state index contributed by atoms with van der Waals surface area (Å²) in [7, 11) is 3.75. The van der Waals surface area contributed by atoms with E-state index < -0.39 is 48.9 Å². The number of aliphatic hydroxyl groups is 1. The summed E-state index contributed by atoms with van der Waals surface area (Å²) in [6.45, 7) is -3.96. The van der Waals surface area contributed by atoms with E-state index in [-0.39, 0.29) is 44.4 Å². The molecule has 10 rings (SSSR count). The third-order valence-corrected chi connectivity index (χ3v) is 15.5. The van der Waals surface area contributed by atoms with Crippen molar-refractivity contribution in [2.45, 2.75) is 61.5 Å². The Balaban J connectivity index is 0.962. The molecule has 2 fully saturated rings. The van der Waals surface area contributed by atoms with Crippen LogP contribution in [-0.4, -0.2) is 119 Å². The number of anilines is 1. The number of imidazole rings is 2. The minimum Gasteiger partial charge on any atom is -0.394 e. The van der Waals surface area contributed by atoms with Gasteiger partial charge in [0, 0.05) is 44.6 Å². The Morgan fingerprint density at radius 3 is 1.95 bits per heavy atom. The standard InChI is InChI=1S/C52H53N14O6PS/c1-64(2)32-60-47-45-49(56-30-54-47)65(33-58-45)43-26-39(62-52(36-18-9-4-10-19-36,37-20-11-5-12-21-37)38-22-13-6-14-23-38)42(72-43)29-70-73(74,69-25-15-24-53)63-40-27-44(71-41(40)28-67)66-34-59-46-48(55-31-57-50(46)66)61-51(68)35-16-7-3-8-17-35/h3-14,16-23,30-34,39-44,62,67H,15,25-29H2,1-2H3,(H,63,74)(H,55,57,61,68)/b60-32-/t39-,40-,41-,42-,43-,44-,73?/m1/s1. The van der Waals surface area contributed by atoms with Crippen LogP contribution >= 0.6 is 6.64 Å². The molecule has 0 radical (unpaired) electrons. The molecule has 378 valence electrons. The van der Waals surface area contributed by atoms with Gasteiger partial charge in [-0.15, -0.1) is 0 Å². The highest BCUT2D eigenvalue weighted by molar-refractivity contribution is 8.09. The number of benzene rings is 4. The quantitative estimate of drug-likeness (QED) is 0.0202. The van der Waals surface area contributed by atoms with Gasteiger partial charge in [0.05, 0.1) is 69.1 Å². The number of amides is 1. The summed E-state index contributed by atoms with van der Waals surface area (Å²) in [6.07, 6.45) is 5.78. The second-order valence-electron chi connectivity index (χ2n) is 17.9. The maximum absolute atomic E-state index is 13.1. The van der Waals surface area contributed by atoms with Gasteiger partial charge in [-0.25, -0.2) is 40.0 Å². The lowest BCUT2D eigenvalue weighted by molar-refractivity contribution is -0.0265. The molecule has 0 aliphatic carbocycles. The molecule has 0 bridgehead atoms. The van der Waals surface area contributed by atoms with Gasteiger partial charge in [-0.2, -0.15) is 5.26 Å². The first-order chi connectivity index (χ1) is 36.2. The molecule has 1 unspecified atom stereocenters. The van der Waals surface area contributed by atoms with E-state index in [1.54, 1.807) is 47.8 Å². The van der Waals surface area contributed by atoms with Crippen LogP contribution in [0.3, 0.4) is 0 Å². The molecular formula is C52H53N14O6PS. The van der Waals surface area contributed by atoms with Crippen LogP contribution < -0.4 is 15.7 Å². The normalized spacial score (nSPS) is 20.7. The van der Waals surface area contributed by atoms with Crippen LogP contribution in [0.25, 0.3) is 22.3 Å². The maximum atomic E-state index is 13.1. The maximum Gasteiger partial charge on any atom is 0.261 e. The number of hydrogen-bond donors (Lipinski definition) is 4. The lowest BCUT2D eigenvalue weighted by atomic mass is 9.76. The first-order valence-electron chi connectivity index (χ1n) is 24.0. The van der Waals surface area contributed by atoms with Crippen LogP contribution in [0.5, 0.6) is 0 Å². The molecule has 20 nitrogen and oxygen atoms in total. The van der Waals surface area contributed by atoms with Gasteiger partial charge < -0.3 is 33.8 Å². The van der Waals surface area contributed by atoms with Gasteiger partial charge in [-0.05, 0) is 40.6 Å². The Kier molecular flexibility index (Phi) is 15.3. The van der Waals surface area contributed by atoms with Crippen molar-refractivity contribution in [3.05, 3.63) is 169 Å². The number of nitrogens with one attached hydrogen (secondary N) is 3. The first kappa shape index (κ1) is 50.3. The molecule has 2 aliphatic heterocycles. The van der Waals surface area contributed by atoms with Crippen LogP contribution in [0.15, 0.2) is 152 Å². The zero-order chi connectivity index (χ0) is 51.1. The molecule has 74 heavy (non-hydrogen) atoms. The number of nitrogens with zero attached hydrogens (tertiary/aromatic N) is 11. The lowest BCUT2D eigenvalue weighted by Gasteiger charge is -2.40. The van der Waals surface area contributed by atoms with Crippen LogP contribution in [0, 0.1) is 11.3 Å². The minimum absolute atomic E-state index is 0.0174. The summed E-state index contributed by atoms with van der Waals surface area (Å²) in [4.78, 5) is 46.6. The lowest BCUT2D eigenvalue weighted by Crippen LogP contribution is -2.53. The largest absolute Gasteiger partial charge is 0.394 e. The molecule has 4 N–H and O–H groups in total. The number of aliphatic imine (C=N–C) groups is 1. The number of aromatic nitrogens is 8. The third kappa shape index (κ3) is 10.6. The van der Waals surface area contributed by atoms with Gasteiger partial charge in [0.15, 0.2) is 34.0 Å². The SMILES string of the molecule is CN(C)/C=N\c1ncnc2c1ncn2[C@H]1C[C@@H](NC(c2ccccc2)(c2ccccc2)c2ccccc2)[C@@H](COP(=S)(N[C@@H]2C[C@H](n3cnc4c(NC(=O)c5ccccc5)ncnc43)O[C@@H]2CO)OCCC#N)O1. The number of ether oxygens (including phenoxy) is 2. The number of hydrogen-bond acceptors (Lipinski definition) is 16. The molecular weight excluding hydrogens is 980 g/mol. The van der Waals surface area contributed by atoms with E-state index in [2.05, 4.69) is 88.1 Å². The van der Waals surface area contributed by atoms with Crippen molar-refractivity contribution < 1.29 is 28.4 Å². The molecule has 2 saturated heterocycles. The summed E-state index contributed by atoms with van der Waals surface area (Å²) in [6, 6.07) is 40.8. The van der Waals surface area contributed by atoms with E-state index in [4.69, 9.17) is 35.3 Å². The van der Waals surface area contributed by atoms with Crippen molar-refractivity contribution in [2.75, 3.05) is 39.2 Å². The molecule has 4 aromatic heterocycles. The van der Waals surface area contributed by atoms with Gasteiger partial charge in [-0.3, -0.25) is 19.2 Å². The predicted molar refractivity (Wildman–Crippen MR) is 280 cm³/mol. The molecule has 4 aromatic carbocycles. The van der Waals surface area contributed by atoms with Crippen molar-refractivity contribution in [3.8, 4) is 6.07 Å². The molecule has 22 heteroatoms. The highest BCUT2D eigenvalue weighted by Gasteiger charge is 2.46. The van der Waals surface area contributed by atoms with Gasteiger partial charge in [0.1, 0.15) is 25.1 Å². The van der Waals surface area contributed by atoms with E-state index >= 15 is 0 Å². The second-order valence-corrected chi connectivity index (χ2v) is 21.1. The van der Waals surface area contributed by atoms with Crippen molar-refractivity contribution in [1.29, 1.82) is 5.26 Å². The average molecular weight is 1030 g/mol. The van der Waals surface area contributed by atoms with Gasteiger partial charge >= 0.3 is 0 Å². The van der Waals surface area contributed by atoms with E-state index in [1.165, 1.54) is 12.7 Å². The van der Waals surface area contributed by atoms with E-state index in [1.807, 2.05) is 84.2 Å². The van der Waals surface area contributed by atoms with E-state index in [9.17, 15) is 15.2 Å². The Labute approximate surface area is 431 Å². The van der Waals surface area contributed by atoms with Crippen molar-refractivity contribution >= 4 is 64.7 Å². The topological polar surface area (TPSA) is 237 Å². The Bertz CT molecular complexity index is 3210. The molecule has 7 atom stereocenters. The molecule has 6 heterocycles. The first-order valence-corrected chi connectivity index (χ1v) is 26.6. The zero-order valence-corrected chi connectivity index (χ0v) is 42.1. The minimum atomic E-state index is -3.52. The van der Waals surface area contributed by atoms with Gasteiger partial charge in [-0.1, -0.05) is 109 Å². The Morgan fingerprint density at radius 2 is 1.35 bits per heavy atom. The molecule has 0 spiro atoms. The van der Waals surface area contributed by atoms with Crippen molar-refractivity contribution in [2.24, 2.45) is 4.99 Å². The number of aliphatic hydroxyl groups excluding tert-OH is 1. The monoisotopic (exact) mass is 1030 g/mol. The molecule has 2 aliphatic rings. The fourth-order valence-electron chi connectivity index (χ4n) is 9.44. The van der Waals surface area contributed by atoms with Crippen molar-refractivity contribution in [3.63, 3.8) is 0 Å². The number of fused-ring (bicyclic) bond motifs is 2. The van der Waals surface area contributed by atoms with Gasteiger partial charge in [0.25, 0.3) is 12.5 Å².